The molecule has 10 heteroatoms. The molecule has 0 spiro atoms. The Labute approximate surface area is 266 Å². The number of esters is 1. The topological polar surface area (TPSA) is 104 Å². The van der Waals surface area contributed by atoms with Crippen LogP contribution in [0, 0.1) is 11.8 Å². The largest absolute Gasteiger partial charge is 0.497 e. The molecule has 2 aliphatic carbocycles. The lowest BCUT2D eigenvalue weighted by atomic mass is 9.94. The predicted molar refractivity (Wildman–Crippen MR) is 174 cm³/mol. The minimum atomic E-state index is -0.841. The number of amides is 1. The maximum Gasteiger partial charge on any atom is 0.327 e. The Balaban J connectivity index is 1.22. The fourth-order valence-corrected chi connectivity index (χ4v) is 7.97. The molecule has 1 amide bonds. The molecule has 3 aromatic rings. The first-order valence-corrected chi connectivity index (χ1v) is 16.2. The van der Waals surface area contributed by atoms with E-state index < -0.39 is 12.0 Å². The number of methoxy groups -OCH3 is 2. The number of carbonyl (C=O) groups is 2. The highest BCUT2D eigenvalue weighted by atomic mass is 32.2. The standard InChI is InChI=1S/C34H36N2O6S2/c1-39-24-12-13-25(28(18-24)40-2)29-17-23(9-6-14-41-33(38)31(35)21-7-4-3-5-8-21)27(42-29)19-30-32(37)36(34(43)44-30)26-16-20-10-11-22(26)15-20/h3-5,7-8,12-13,17-20,22,26,31H,6,9-11,14-16,35H2,1-2H3/b30-19-/t20-,22-,26-,31?/m0/s1. The summed E-state index contributed by atoms with van der Waals surface area (Å²) in [4.78, 5) is 28.6. The summed E-state index contributed by atoms with van der Waals surface area (Å²) in [6.07, 6.45) is 7.54. The van der Waals surface area contributed by atoms with E-state index in [1.54, 1.807) is 38.5 Å². The van der Waals surface area contributed by atoms with Crippen molar-refractivity contribution in [2.24, 2.45) is 17.6 Å². The molecule has 2 aromatic carbocycles. The third-order valence-corrected chi connectivity index (χ3v) is 10.2. The number of furan rings is 1. The summed E-state index contributed by atoms with van der Waals surface area (Å²) < 4.78 is 23.5. The molecule has 2 saturated carbocycles. The maximum absolute atomic E-state index is 13.7. The number of thiocarbonyl (C=S) groups is 1. The zero-order valence-electron chi connectivity index (χ0n) is 24.8. The second-order valence-corrected chi connectivity index (χ2v) is 13.2. The van der Waals surface area contributed by atoms with Gasteiger partial charge < -0.3 is 24.4 Å². The van der Waals surface area contributed by atoms with E-state index in [-0.39, 0.29) is 18.6 Å². The number of fused-ring (bicyclic) bond motifs is 2. The van der Waals surface area contributed by atoms with Gasteiger partial charge in [0.15, 0.2) is 0 Å². The molecule has 4 atom stereocenters. The third kappa shape index (κ3) is 6.16. The van der Waals surface area contributed by atoms with Crippen LogP contribution in [0.4, 0.5) is 0 Å². The first kappa shape index (κ1) is 30.4. The van der Waals surface area contributed by atoms with Crippen molar-refractivity contribution in [2.45, 2.75) is 50.6 Å². The molecule has 2 bridgehead atoms. The second-order valence-electron chi connectivity index (χ2n) is 11.5. The van der Waals surface area contributed by atoms with Crippen LogP contribution in [0.15, 0.2) is 63.9 Å². The molecule has 2 N–H and O–H groups in total. The lowest BCUT2D eigenvalue weighted by Crippen LogP contribution is -2.41. The summed E-state index contributed by atoms with van der Waals surface area (Å²) in [7, 11) is 3.20. The van der Waals surface area contributed by atoms with Crippen LogP contribution in [-0.2, 0) is 20.7 Å². The Hall–Kier alpha value is -3.60. The molecule has 6 rings (SSSR count). The molecule has 44 heavy (non-hydrogen) atoms. The van der Waals surface area contributed by atoms with Crippen LogP contribution >= 0.6 is 24.0 Å². The van der Waals surface area contributed by atoms with Gasteiger partial charge in [-0.1, -0.05) is 60.7 Å². The van der Waals surface area contributed by atoms with Gasteiger partial charge in [0.25, 0.3) is 5.91 Å². The van der Waals surface area contributed by atoms with E-state index in [0.29, 0.717) is 62.5 Å². The number of hydrogen-bond donors (Lipinski definition) is 1. The van der Waals surface area contributed by atoms with Gasteiger partial charge in [0.05, 0.1) is 31.3 Å². The Morgan fingerprint density at radius 1 is 1.14 bits per heavy atom. The lowest BCUT2D eigenvalue weighted by Gasteiger charge is -2.30. The average Bonchev–Trinajstić information content (AvgIpc) is 3.83. The van der Waals surface area contributed by atoms with Crippen molar-refractivity contribution in [3.63, 3.8) is 0 Å². The van der Waals surface area contributed by atoms with E-state index in [0.717, 1.165) is 17.5 Å². The first-order chi connectivity index (χ1) is 21.4. The molecule has 0 radical (unpaired) electrons. The van der Waals surface area contributed by atoms with Crippen molar-refractivity contribution in [1.29, 1.82) is 0 Å². The zero-order chi connectivity index (χ0) is 30.8. The molecule has 8 nitrogen and oxygen atoms in total. The van der Waals surface area contributed by atoms with Crippen molar-refractivity contribution in [3.8, 4) is 22.8 Å². The lowest BCUT2D eigenvalue weighted by molar-refractivity contribution is -0.145. The monoisotopic (exact) mass is 632 g/mol. The summed E-state index contributed by atoms with van der Waals surface area (Å²) in [6.45, 7) is 0.192. The molecule has 2 heterocycles. The third-order valence-electron chi connectivity index (χ3n) is 8.88. The van der Waals surface area contributed by atoms with Crippen LogP contribution < -0.4 is 15.2 Å². The van der Waals surface area contributed by atoms with E-state index in [1.807, 2.05) is 41.3 Å². The SMILES string of the molecule is COc1ccc(-c2cc(CCCOC(=O)C(N)c3ccccc3)c(/C=C3\SC(=S)N([C@H]4C[C@H]5CC[C@H]4C5)C3=O)o2)c(OC)c1. The van der Waals surface area contributed by atoms with E-state index in [9.17, 15) is 9.59 Å². The van der Waals surface area contributed by atoms with Gasteiger partial charge in [-0.3, -0.25) is 9.69 Å². The molecule has 1 saturated heterocycles. The molecule has 230 valence electrons. The van der Waals surface area contributed by atoms with Gasteiger partial charge in [0, 0.05) is 18.2 Å². The molecular weight excluding hydrogens is 597 g/mol. The van der Waals surface area contributed by atoms with Gasteiger partial charge in [0.2, 0.25) is 0 Å². The van der Waals surface area contributed by atoms with Crippen molar-refractivity contribution in [2.75, 3.05) is 20.8 Å². The van der Waals surface area contributed by atoms with Crippen LogP contribution in [0.2, 0.25) is 0 Å². The minimum Gasteiger partial charge on any atom is -0.497 e. The van der Waals surface area contributed by atoms with Gasteiger partial charge in [-0.25, -0.2) is 4.79 Å². The first-order valence-electron chi connectivity index (χ1n) is 15.0. The summed E-state index contributed by atoms with van der Waals surface area (Å²) in [5.74, 6) is 3.14. The Kier molecular flexibility index (Phi) is 9.11. The van der Waals surface area contributed by atoms with Crippen LogP contribution in [0.25, 0.3) is 17.4 Å². The van der Waals surface area contributed by atoms with E-state index in [2.05, 4.69) is 0 Å². The van der Waals surface area contributed by atoms with E-state index in [1.165, 1.54) is 31.0 Å². The predicted octanol–water partition coefficient (Wildman–Crippen LogP) is 6.53. The maximum atomic E-state index is 13.7. The number of benzene rings is 2. The Bertz CT molecular complexity index is 1590. The van der Waals surface area contributed by atoms with E-state index in [4.69, 9.17) is 36.6 Å². The molecule has 1 aromatic heterocycles. The van der Waals surface area contributed by atoms with Crippen molar-refractivity contribution >= 4 is 46.3 Å². The van der Waals surface area contributed by atoms with Crippen LogP contribution in [0.1, 0.15) is 55.0 Å². The van der Waals surface area contributed by atoms with Gasteiger partial charge in [0.1, 0.15) is 33.4 Å². The molecular formula is C34H36N2O6S2. The van der Waals surface area contributed by atoms with Crippen molar-refractivity contribution < 1.29 is 28.2 Å². The number of hydrogen-bond acceptors (Lipinski definition) is 9. The van der Waals surface area contributed by atoms with Crippen LogP contribution in [-0.4, -0.2) is 48.0 Å². The number of thioether (sulfide) groups is 1. The number of rotatable bonds is 11. The summed E-state index contributed by atoms with van der Waals surface area (Å²) in [5.41, 5.74) is 8.44. The smallest absolute Gasteiger partial charge is 0.327 e. The quantitative estimate of drug-likeness (QED) is 0.109. The summed E-state index contributed by atoms with van der Waals surface area (Å²) in [6, 6.07) is 16.0. The fourth-order valence-electron chi connectivity index (χ4n) is 6.63. The second kappa shape index (κ2) is 13.2. The van der Waals surface area contributed by atoms with Gasteiger partial charge in [-0.15, -0.1) is 0 Å². The average molecular weight is 633 g/mol. The van der Waals surface area contributed by atoms with Crippen LogP contribution in [0.5, 0.6) is 11.5 Å². The number of nitrogens with two attached hydrogens (primary N) is 1. The van der Waals surface area contributed by atoms with Crippen LogP contribution in [0.3, 0.4) is 0 Å². The summed E-state index contributed by atoms with van der Waals surface area (Å²) in [5, 5.41) is 0. The summed E-state index contributed by atoms with van der Waals surface area (Å²) >= 11 is 7.05. The Morgan fingerprint density at radius 2 is 1.95 bits per heavy atom. The normalized spacial score (nSPS) is 22.6. The number of nitrogens with zero attached hydrogens (tertiary/aromatic N) is 1. The van der Waals surface area contributed by atoms with Gasteiger partial charge >= 0.3 is 5.97 Å². The highest BCUT2D eigenvalue weighted by Crippen LogP contribution is 2.49. The molecule has 3 fully saturated rings. The zero-order valence-corrected chi connectivity index (χ0v) is 26.5. The minimum absolute atomic E-state index is 0.0488. The number of carbonyl (C=O) groups excluding carboxylic acids is 2. The number of aryl methyl sites for hydroxylation is 1. The Morgan fingerprint density at radius 3 is 2.66 bits per heavy atom. The molecule has 1 aliphatic heterocycles. The molecule has 1 unspecified atom stereocenters. The van der Waals surface area contributed by atoms with E-state index >= 15 is 0 Å². The molecule has 3 aliphatic rings. The fraction of sp³-hybridized carbons (Fsp3) is 0.382. The highest BCUT2D eigenvalue weighted by Gasteiger charge is 2.48. The van der Waals surface area contributed by atoms with Crippen molar-refractivity contribution in [1.82, 2.24) is 4.90 Å². The highest BCUT2D eigenvalue weighted by molar-refractivity contribution is 8.26. The van der Waals surface area contributed by atoms with Gasteiger partial charge in [-0.05, 0) is 73.3 Å². The number of ether oxygens (including phenoxy) is 3. The van der Waals surface area contributed by atoms with Crippen molar-refractivity contribution in [3.05, 3.63) is 76.4 Å². The van der Waals surface area contributed by atoms with Gasteiger partial charge in [-0.2, -0.15) is 0 Å².